The molecule has 5 nitrogen and oxygen atoms in total. The third kappa shape index (κ3) is 3.86. The van der Waals surface area contributed by atoms with Crippen molar-refractivity contribution in [1.29, 1.82) is 0 Å². The third-order valence-electron chi connectivity index (χ3n) is 7.24. The Labute approximate surface area is 182 Å². The van der Waals surface area contributed by atoms with Crippen LogP contribution in [-0.2, 0) is 9.59 Å². The van der Waals surface area contributed by atoms with E-state index in [1.165, 1.54) is 16.1 Å². The fraction of sp³-hybridized carbons (Fsp3) is 0.625. The van der Waals surface area contributed by atoms with Crippen molar-refractivity contribution in [2.24, 2.45) is 5.92 Å². The second-order valence-electron chi connectivity index (χ2n) is 9.14. The maximum absolute atomic E-state index is 13.3. The average molecular weight is 426 g/mol. The number of benzene rings is 1. The second kappa shape index (κ2) is 8.66. The number of piperidine rings is 1. The molecular formula is C24H31N3O2S. The summed E-state index contributed by atoms with van der Waals surface area (Å²) >= 11 is 1.79. The summed E-state index contributed by atoms with van der Waals surface area (Å²) in [6.45, 7) is 2.32. The standard InChI is InChI=1S/C24H31N3O2S/c28-23(18-7-2-1-3-8-18)27-14-6-10-20(27)24(29)26-15-12-17(13-16-26)22-25-19-9-4-5-11-21(19)30-22/h4-5,9,11,17-18,20H,1-3,6-8,10,12-16H2/t20-/m1/s1. The Morgan fingerprint density at radius 2 is 1.63 bits per heavy atom. The van der Waals surface area contributed by atoms with E-state index in [1.54, 1.807) is 11.3 Å². The first-order valence-electron chi connectivity index (χ1n) is 11.7. The number of thiazole rings is 1. The van der Waals surface area contributed by atoms with Crippen LogP contribution in [0, 0.1) is 5.92 Å². The molecule has 0 radical (unpaired) electrons. The topological polar surface area (TPSA) is 53.5 Å². The van der Waals surface area contributed by atoms with Gasteiger partial charge in [-0.3, -0.25) is 9.59 Å². The molecule has 160 valence electrons. The maximum Gasteiger partial charge on any atom is 0.245 e. The minimum atomic E-state index is -0.224. The minimum absolute atomic E-state index is 0.150. The number of aromatic nitrogens is 1. The monoisotopic (exact) mass is 425 g/mol. The van der Waals surface area contributed by atoms with Gasteiger partial charge < -0.3 is 9.80 Å². The van der Waals surface area contributed by atoms with Crippen molar-refractivity contribution in [3.05, 3.63) is 29.3 Å². The lowest BCUT2D eigenvalue weighted by Crippen LogP contribution is -2.51. The van der Waals surface area contributed by atoms with Crippen molar-refractivity contribution >= 4 is 33.4 Å². The van der Waals surface area contributed by atoms with Crippen LogP contribution in [-0.4, -0.2) is 52.3 Å². The van der Waals surface area contributed by atoms with E-state index in [0.29, 0.717) is 5.92 Å². The Bertz CT molecular complexity index is 879. The number of fused-ring (bicyclic) bond motifs is 1. The first-order chi connectivity index (χ1) is 14.7. The second-order valence-corrected chi connectivity index (χ2v) is 10.2. The zero-order chi connectivity index (χ0) is 20.5. The normalized spacial score (nSPS) is 23.9. The van der Waals surface area contributed by atoms with Crippen LogP contribution in [0.4, 0.5) is 0 Å². The molecule has 0 N–H and O–H groups in total. The highest BCUT2D eigenvalue weighted by molar-refractivity contribution is 7.18. The lowest BCUT2D eigenvalue weighted by Gasteiger charge is -2.36. The summed E-state index contributed by atoms with van der Waals surface area (Å²) in [7, 11) is 0. The largest absolute Gasteiger partial charge is 0.341 e. The van der Waals surface area contributed by atoms with E-state index in [-0.39, 0.29) is 23.8 Å². The summed E-state index contributed by atoms with van der Waals surface area (Å²) in [6.07, 6.45) is 9.28. The molecule has 30 heavy (non-hydrogen) atoms. The van der Waals surface area contributed by atoms with Gasteiger partial charge in [-0.15, -0.1) is 11.3 Å². The Kier molecular flexibility index (Phi) is 5.77. The van der Waals surface area contributed by atoms with Crippen molar-refractivity contribution in [2.45, 2.75) is 69.7 Å². The number of carbonyl (C=O) groups is 2. The van der Waals surface area contributed by atoms with E-state index in [9.17, 15) is 9.59 Å². The molecule has 2 aliphatic heterocycles. The highest BCUT2D eigenvalue weighted by Crippen LogP contribution is 2.35. The van der Waals surface area contributed by atoms with E-state index in [0.717, 1.165) is 76.5 Å². The smallest absolute Gasteiger partial charge is 0.245 e. The zero-order valence-electron chi connectivity index (χ0n) is 17.6. The predicted molar refractivity (Wildman–Crippen MR) is 119 cm³/mol. The van der Waals surface area contributed by atoms with Gasteiger partial charge in [-0.2, -0.15) is 0 Å². The molecule has 3 aliphatic rings. The highest BCUT2D eigenvalue weighted by Gasteiger charge is 2.40. The average Bonchev–Trinajstić information content (AvgIpc) is 3.46. The van der Waals surface area contributed by atoms with Crippen molar-refractivity contribution in [3.63, 3.8) is 0 Å². The molecule has 2 amide bonds. The Morgan fingerprint density at radius 3 is 2.40 bits per heavy atom. The predicted octanol–water partition coefficient (Wildman–Crippen LogP) is 4.57. The van der Waals surface area contributed by atoms with Crippen molar-refractivity contribution < 1.29 is 9.59 Å². The summed E-state index contributed by atoms with van der Waals surface area (Å²) < 4.78 is 1.24. The fourth-order valence-corrected chi connectivity index (χ4v) is 6.63. The summed E-state index contributed by atoms with van der Waals surface area (Å²) in [6, 6.07) is 8.08. The lowest BCUT2D eigenvalue weighted by atomic mass is 9.88. The molecule has 0 bridgehead atoms. The number of rotatable bonds is 3. The number of likely N-dealkylation sites (tertiary alicyclic amines) is 2. The lowest BCUT2D eigenvalue weighted by molar-refractivity contribution is -0.147. The van der Waals surface area contributed by atoms with E-state index in [2.05, 4.69) is 18.2 Å². The molecule has 5 rings (SSSR count). The van der Waals surface area contributed by atoms with Crippen LogP contribution in [0.3, 0.4) is 0 Å². The van der Waals surface area contributed by atoms with Crippen LogP contribution >= 0.6 is 11.3 Å². The summed E-state index contributed by atoms with van der Waals surface area (Å²) in [5.74, 6) is 1.02. The molecule has 3 heterocycles. The van der Waals surface area contributed by atoms with Crippen molar-refractivity contribution in [3.8, 4) is 0 Å². The number of hydrogen-bond acceptors (Lipinski definition) is 4. The molecule has 0 spiro atoms. The minimum Gasteiger partial charge on any atom is -0.341 e. The molecule has 2 saturated heterocycles. The van der Waals surface area contributed by atoms with Crippen LogP contribution < -0.4 is 0 Å². The Morgan fingerprint density at radius 1 is 0.867 bits per heavy atom. The van der Waals surface area contributed by atoms with E-state index < -0.39 is 0 Å². The number of nitrogens with zero attached hydrogens (tertiary/aromatic N) is 3. The number of para-hydroxylation sites is 1. The van der Waals surface area contributed by atoms with Crippen LogP contribution in [0.2, 0.25) is 0 Å². The molecule has 3 fully saturated rings. The molecule has 1 atom stereocenters. The Hall–Kier alpha value is -1.95. The van der Waals surface area contributed by atoms with Crippen LogP contribution in [0.15, 0.2) is 24.3 Å². The molecule has 1 aromatic carbocycles. The van der Waals surface area contributed by atoms with Crippen molar-refractivity contribution in [1.82, 2.24) is 14.8 Å². The van der Waals surface area contributed by atoms with Crippen molar-refractivity contribution in [2.75, 3.05) is 19.6 Å². The third-order valence-corrected chi connectivity index (χ3v) is 8.44. The van der Waals surface area contributed by atoms with E-state index in [4.69, 9.17) is 4.98 Å². The fourth-order valence-electron chi connectivity index (χ4n) is 5.49. The van der Waals surface area contributed by atoms with Gasteiger partial charge in [-0.1, -0.05) is 31.4 Å². The van der Waals surface area contributed by atoms with Gasteiger partial charge in [0.2, 0.25) is 11.8 Å². The van der Waals surface area contributed by atoms with E-state index in [1.807, 2.05) is 15.9 Å². The molecule has 1 aliphatic carbocycles. The molecule has 2 aromatic rings. The maximum atomic E-state index is 13.3. The van der Waals surface area contributed by atoms with Crippen LogP contribution in [0.25, 0.3) is 10.2 Å². The summed E-state index contributed by atoms with van der Waals surface area (Å²) in [4.78, 5) is 35.1. The van der Waals surface area contributed by atoms with Crippen LogP contribution in [0.5, 0.6) is 0 Å². The van der Waals surface area contributed by atoms with Gasteiger partial charge in [-0.25, -0.2) is 4.98 Å². The quantitative estimate of drug-likeness (QED) is 0.724. The Balaban J connectivity index is 1.21. The molecule has 0 unspecified atom stereocenters. The first-order valence-corrected chi connectivity index (χ1v) is 12.5. The van der Waals surface area contributed by atoms with Gasteiger partial charge in [0.1, 0.15) is 6.04 Å². The molecule has 1 aromatic heterocycles. The molecule has 6 heteroatoms. The first kappa shape index (κ1) is 20.0. The zero-order valence-corrected chi connectivity index (χ0v) is 18.4. The number of amides is 2. The molecule has 1 saturated carbocycles. The SMILES string of the molecule is O=C([C@H]1CCCN1C(=O)C1CCCCC1)N1CCC(c2nc3ccccc3s2)CC1. The van der Waals surface area contributed by atoms with E-state index >= 15 is 0 Å². The van der Waals surface area contributed by atoms with Crippen LogP contribution in [0.1, 0.15) is 68.7 Å². The van der Waals surface area contributed by atoms with Gasteiger partial charge in [-0.05, 0) is 50.7 Å². The highest BCUT2D eigenvalue weighted by atomic mass is 32.1. The van der Waals surface area contributed by atoms with Gasteiger partial charge >= 0.3 is 0 Å². The van der Waals surface area contributed by atoms with Gasteiger partial charge in [0, 0.05) is 31.5 Å². The van der Waals surface area contributed by atoms with Gasteiger partial charge in [0.15, 0.2) is 0 Å². The number of carbonyl (C=O) groups excluding carboxylic acids is 2. The van der Waals surface area contributed by atoms with Gasteiger partial charge in [0.25, 0.3) is 0 Å². The summed E-state index contributed by atoms with van der Waals surface area (Å²) in [5, 5.41) is 1.21. The van der Waals surface area contributed by atoms with Gasteiger partial charge in [0.05, 0.1) is 15.2 Å². The summed E-state index contributed by atoms with van der Waals surface area (Å²) in [5.41, 5.74) is 1.08. The molecular weight excluding hydrogens is 394 g/mol. The number of hydrogen-bond donors (Lipinski definition) is 0.